The van der Waals surface area contributed by atoms with Crippen molar-refractivity contribution in [2.24, 2.45) is 5.92 Å². The quantitative estimate of drug-likeness (QED) is 0.883. The van der Waals surface area contributed by atoms with Crippen molar-refractivity contribution in [2.75, 3.05) is 11.4 Å². The third kappa shape index (κ3) is 4.01. The average Bonchev–Trinajstić information content (AvgIpc) is 3.00. The van der Waals surface area contributed by atoms with Crippen LogP contribution in [-0.4, -0.2) is 34.4 Å². The van der Waals surface area contributed by atoms with E-state index in [1.54, 1.807) is 18.6 Å². The van der Waals surface area contributed by atoms with E-state index in [0.29, 0.717) is 6.42 Å². The number of nitrogens with zero attached hydrogens (tertiary/aromatic N) is 3. The Labute approximate surface area is 149 Å². The average molecular weight is 360 g/mol. The third-order valence-electron chi connectivity index (χ3n) is 4.23. The van der Waals surface area contributed by atoms with Crippen LogP contribution in [0.2, 0.25) is 0 Å². The van der Waals surface area contributed by atoms with Crippen molar-refractivity contribution in [1.82, 2.24) is 15.3 Å². The van der Waals surface area contributed by atoms with E-state index in [1.165, 1.54) is 11.0 Å². The summed E-state index contributed by atoms with van der Waals surface area (Å²) in [5, 5.41) is 2.86. The lowest BCUT2D eigenvalue weighted by molar-refractivity contribution is -0.126. The van der Waals surface area contributed by atoms with Crippen molar-refractivity contribution in [3.63, 3.8) is 0 Å². The summed E-state index contributed by atoms with van der Waals surface area (Å²) in [4.78, 5) is 34.0. The summed E-state index contributed by atoms with van der Waals surface area (Å²) in [7, 11) is 0. The van der Waals surface area contributed by atoms with Crippen LogP contribution in [0, 0.1) is 17.6 Å². The summed E-state index contributed by atoms with van der Waals surface area (Å²) >= 11 is 0. The first-order chi connectivity index (χ1) is 12.4. The number of rotatable bonds is 5. The van der Waals surface area contributed by atoms with Gasteiger partial charge in [0.25, 0.3) is 0 Å². The number of amides is 2. The summed E-state index contributed by atoms with van der Waals surface area (Å²) in [5.74, 6) is -3.09. The van der Waals surface area contributed by atoms with Gasteiger partial charge < -0.3 is 10.2 Å². The smallest absolute Gasteiger partial charge is 0.227 e. The molecule has 3 rings (SSSR count). The Bertz CT molecular complexity index is 816. The molecule has 0 unspecified atom stereocenters. The molecule has 1 aliphatic heterocycles. The second kappa shape index (κ2) is 7.55. The Kier molecular flexibility index (Phi) is 5.20. The zero-order valence-electron chi connectivity index (χ0n) is 14.2. The van der Waals surface area contributed by atoms with E-state index in [9.17, 15) is 18.4 Å². The molecule has 1 aliphatic rings. The van der Waals surface area contributed by atoms with Crippen LogP contribution in [0.5, 0.6) is 0 Å². The Morgan fingerprint density at radius 1 is 1.35 bits per heavy atom. The largest absolute Gasteiger partial charge is 0.353 e. The number of carbonyl (C=O) groups excluding carboxylic acids is 2. The van der Waals surface area contributed by atoms with Crippen LogP contribution in [0.15, 0.2) is 36.8 Å². The lowest BCUT2D eigenvalue weighted by Crippen LogP contribution is -2.39. The predicted molar refractivity (Wildman–Crippen MR) is 90.2 cm³/mol. The Hall–Kier alpha value is -2.90. The van der Waals surface area contributed by atoms with E-state index in [-0.39, 0.29) is 36.5 Å². The molecule has 1 aromatic carbocycles. The minimum Gasteiger partial charge on any atom is -0.353 e. The van der Waals surface area contributed by atoms with Crippen LogP contribution >= 0.6 is 0 Å². The molecule has 0 bridgehead atoms. The van der Waals surface area contributed by atoms with Crippen LogP contribution in [0.1, 0.15) is 19.0 Å². The van der Waals surface area contributed by atoms with Crippen LogP contribution < -0.4 is 10.2 Å². The van der Waals surface area contributed by atoms with Crippen molar-refractivity contribution in [2.45, 2.75) is 25.8 Å². The topological polar surface area (TPSA) is 75.2 Å². The molecular formula is C18H18F2N4O2. The maximum atomic E-state index is 13.4. The molecular weight excluding hydrogens is 342 g/mol. The van der Waals surface area contributed by atoms with Gasteiger partial charge >= 0.3 is 0 Å². The summed E-state index contributed by atoms with van der Waals surface area (Å²) in [6.07, 6.45) is 5.34. The fourth-order valence-electron chi connectivity index (χ4n) is 2.95. The van der Waals surface area contributed by atoms with Crippen molar-refractivity contribution >= 4 is 17.5 Å². The molecule has 136 valence electrons. The molecule has 0 aliphatic carbocycles. The minimum absolute atomic E-state index is 0.0304. The lowest BCUT2D eigenvalue weighted by atomic mass is 10.1. The standard InChI is InChI=1S/C18H18F2N4O2/c1-11(6-13-9-21-4-5-22-13)23-18(26)12-7-17(25)24(10-12)14-2-3-15(19)16(20)8-14/h2-5,8-9,11-12H,6-7,10H2,1H3,(H,23,26)/t11-,12-/m1/s1. The molecule has 1 N–H and O–H groups in total. The summed E-state index contributed by atoms with van der Waals surface area (Å²) in [5.41, 5.74) is 1.00. The number of hydrogen-bond donors (Lipinski definition) is 1. The molecule has 1 saturated heterocycles. The van der Waals surface area contributed by atoms with Crippen molar-refractivity contribution in [3.8, 4) is 0 Å². The van der Waals surface area contributed by atoms with Gasteiger partial charge in [-0.05, 0) is 19.1 Å². The lowest BCUT2D eigenvalue weighted by Gasteiger charge is -2.18. The number of aromatic nitrogens is 2. The molecule has 6 nitrogen and oxygen atoms in total. The molecule has 0 saturated carbocycles. The van der Waals surface area contributed by atoms with Crippen LogP contribution in [0.3, 0.4) is 0 Å². The molecule has 2 heterocycles. The van der Waals surface area contributed by atoms with Crippen molar-refractivity contribution in [1.29, 1.82) is 0 Å². The number of anilines is 1. The van der Waals surface area contributed by atoms with E-state index < -0.39 is 17.6 Å². The van der Waals surface area contributed by atoms with E-state index in [1.807, 2.05) is 6.92 Å². The SMILES string of the molecule is C[C@H](Cc1cnccn1)NC(=O)[C@@H]1CC(=O)N(c2ccc(F)c(F)c2)C1. The number of benzene rings is 1. The highest BCUT2D eigenvalue weighted by Crippen LogP contribution is 2.26. The molecule has 0 radical (unpaired) electrons. The van der Waals surface area contributed by atoms with Crippen LogP contribution in [0.4, 0.5) is 14.5 Å². The number of carbonyl (C=O) groups is 2. The van der Waals surface area contributed by atoms with E-state index in [2.05, 4.69) is 15.3 Å². The van der Waals surface area contributed by atoms with E-state index in [0.717, 1.165) is 17.8 Å². The van der Waals surface area contributed by atoms with Gasteiger partial charge in [-0.2, -0.15) is 0 Å². The fourth-order valence-corrected chi connectivity index (χ4v) is 2.95. The van der Waals surface area contributed by atoms with E-state index in [4.69, 9.17) is 0 Å². The normalized spacial score (nSPS) is 18.0. The first-order valence-electron chi connectivity index (χ1n) is 8.24. The Balaban J connectivity index is 1.60. The highest BCUT2D eigenvalue weighted by atomic mass is 19.2. The van der Waals surface area contributed by atoms with Gasteiger partial charge in [0.1, 0.15) is 0 Å². The third-order valence-corrected chi connectivity index (χ3v) is 4.23. The van der Waals surface area contributed by atoms with Crippen LogP contribution in [0.25, 0.3) is 0 Å². The van der Waals surface area contributed by atoms with Crippen LogP contribution in [-0.2, 0) is 16.0 Å². The highest BCUT2D eigenvalue weighted by molar-refractivity contribution is 6.00. The first kappa shape index (κ1) is 17.9. The number of nitrogens with one attached hydrogen (secondary N) is 1. The van der Waals surface area contributed by atoms with Gasteiger partial charge in [-0.1, -0.05) is 0 Å². The molecule has 1 fully saturated rings. The zero-order chi connectivity index (χ0) is 18.7. The second-order valence-electron chi connectivity index (χ2n) is 6.31. The summed E-state index contributed by atoms with van der Waals surface area (Å²) in [6, 6.07) is 3.08. The van der Waals surface area contributed by atoms with Gasteiger partial charge in [0.15, 0.2) is 11.6 Å². The fraction of sp³-hybridized carbons (Fsp3) is 0.333. The Morgan fingerprint density at radius 3 is 2.85 bits per heavy atom. The van der Waals surface area contributed by atoms with Gasteiger partial charge in [0.2, 0.25) is 11.8 Å². The van der Waals surface area contributed by atoms with Gasteiger partial charge in [-0.25, -0.2) is 8.78 Å². The maximum Gasteiger partial charge on any atom is 0.227 e. The van der Waals surface area contributed by atoms with Crippen molar-refractivity contribution in [3.05, 3.63) is 54.1 Å². The minimum atomic E-state index is -1.03. The highest BCUT2D eigenvalue weighted by Gasteiger charge is 2.35. The molecule has 2 atom stereocenters. The molecule has 26 heavy (non-hydrogen) atoms. The number of hydrogen-bond acceptors (Lipinski definition) is 4. The van der Waals surface area contributed by atoms with Gasteiger partial charge in [0, 0.05) is 55.8 Å². The van der Waals surface area contributed by atoms with Crippen molar-refractivity contribution < 1.29 is 18.4 Å². The summed E-state index contributed by atoms with van der Waals surface area (Å²) in [6.45, 7) is 1.98. The van der Waals surface area contributed by atoms with Gasteiger partial charge in [0.05, 0.1) is 11.6 Å². The van der Waals surface area contributed by atoms with Gasteiger partial charge in [-0.3, -0.25) is 19.6 Å². The molecule has 8 heteroatoms. The zero-order valence-corrected chi connectivity index (χ0v) is 14.2. The molecule has 1 aromatic heterocycles. The first-order valence-corrected chi connectivity index (χ1v) is 8.24. The summed E-state index contributed by atoms with van der Waals surface area (Å²) < 4.78 is 26.4. The maximum absolute atomic E-state index is 13.4. The predicted octanol–water partition coefficient (Wildman–Crippen LogP) is 1.86. The Morgan fingerprint density at radius 2 is 2.15 bits per heavy atom. The van der Waals surface area contributed by atoms with E-state index >= 15 is 0 Å². The number of halogens is 2. The monoisotopic (exact) mass is 360 g/mol. The molecule has 0 spiro atoms. The molecule has 2 amide bonds. The van der Waals surface area contributed by atoms with Gasteiger partial charge in [-0.15, -0.1) is 0 Å². The second-order valence-corrected chi connectivity index (χ2v) is 6.31. The molecule has 2 aromatic rings.